The van der Waals surface area contributed by atoms with Crippen LogP contribution in [0.1, 0.15) is 44.8 Å². The van der Waals surface area contributed by atoms with E-state index in [1.807, 2.05) is 18.2 Å². The molecule has 0 unspecified atom stereocenters. The molecule has 4 rings (SSSR count). The van der Waals surface area contributed by atoms with Crippen molar-refractivity contribution >= 4 is 35.0 Å². The van der Waals surface area contributed by atoms with E-state index >= 15 is 0 Å². The van der Waals surface area contributed by atoms with Crippen LogP contribution < -0.4 is 20.7 Å². The molecule has 1 heterocycles. The number of anilines is 3. The number of halogens is 1. The van der Waals surface area contributed by atoms with E-state index in [9.17, 15) is 18.8 Å². The Labute approximate surface area is 212 Å². The van der Waals surface area contributed by atoms with Crippen LogP contribution in [0.3, 0.4) is 0 Å². The molecule has 1 aliphatic carbocycles. The van der Waals surface area contributed by atoms with Crippen molar-refractivity contribution in [1.82, 2.24) is 15.5 Å². The number of methoxy groups -OCH3 is 1. The summed E-state index contributed by atoms with van der Waals surface area (Å²) < 4.78 is 25.9. The fourth-order valence-corrected chi connectivity index (χ4v) is 3.62. The third kappa shape index (κ3) is 5.83. The van der Waals surface area contributed by atoms with Crippen LogP contribution in [0.25, 0.3) is 0 Å². The third-order valence-electron chi connectivity index (χ3n) is 5.80. The van der Waals surface area contributed by atoms with Gasteiger partial charge in [-0.3, -0.25) is 9.59 Å². The number of benzene rings is 2. The van der Waals surface area contributed by atoms with Gasteiger partial charge in [-0.15, -0.1) is 10.2 Å². The van der Waals surface area contributed by atoms with Gasteiger partial charge in [-0.25, -0.2) is 9.18 Å². The fourth-order valence-electron chi connectivity index (χ4n) is 3.62. The lowest BCUT2D eigenvalue weighted by Crippen LogP contribution is -2.22. The summed E-state index contributed by atoms with van der Waals surface area (Å²) in [5, 5.41) is 15.9. The van der Waals surface area contributed by atoms with Crippen molar-refractivity contribution in [1.29, 1.82) is 0 Å². The highest BCUT2D eigenvalue weighted by molar-refractivity contribution is 6.01. The number of ether oxygens (including phenoxy) is 2. The number of nitrogens with one attached hydrogen (secondary N) is 3. The number of amides is 2. The number of esters is 1. The van der Waals surface area contributed by atoms with Crippen LogP contribution in [-0.2, 0) is 16.1 Å². The lowest BCUT2D eigenvalue weighted by molar-refractivity contribution is -0.117. The molecule has 2 aromatic carbocycles. The molecular formula is C26H26FN5O5. The average molecular weight is 508 g/mol. The molecule has 3 N–H and O–H groups in total. The van der Waals surface area contributed by atoms with Crippen LogP contribution in [0.15, 0.2) is 42.5 Å². The Balaban J connectivity index is 1.68. The van der Waals surface area contributed by atoms with Gasteiger partial charge < -0.3 is 25.4 Å². The molecule has 11 heteroatoms. The van der Waals surface area contributed by atoms with Crippen molar-refractivity contribution in [2.24, 2.45) is 5.92 Å². The first-order valence-corrected chi connectivity index (χ1v) is 11.6. The van der Waals surface area contributed by atoms with Gasteiger partial charge in [-0.1, -0.05) is 30.3 Å². The van der Waals surface area contributed by atoms with Gasteiger partial charge in [0, 0.05) is 30.7 Å². The van der Waals surface area contributed by atoms with Gasteiger partial charge in [0.2, 0.25) is 5.91 Å². The van der Waals surface area contributed by atoms with Gasteiger partial charge in [0.05, 0.1) is 18.5 Å². The molecule has 10 nitrogen and oxygen atoms in total. The molecule has 3 aromatic rings. The van der Waals surface area contributed by atoms with E-state index in [1.54, 1.807) is 12.1 Å². The minimum absolute atomic E-state index is 0.0132. The highest BCUT2D eigenvalue weighted by atomic mass is 19.1. The highest BCUT2D eigenvalue weighted by Crippen LogP contribution is 2.37. The van der Waals surface area contributed by atoms with Crippen LogP contribution in [0, 0.1) is 18.7 Å². The van der Waals surface area contributed by atoms with Crippen LogP contribution >= 0.6 is 0 Å². The molecule has 0 aliphatic heterocycles. The lowest BCUT2D eigenvalue weighted by Gasteiger charge is -2.18. The summed E-state index contributed by atoms with van der Waals surface area (Å²) in [6.07, 6.45) is 1.59. The summed E-state index contributed by atoms with van der Waals surface area (Å²) in [6, 6.07) is 11.6. The number of carbonyl (C=O) groups excluding carboxylic acids is 3. The Kier molecular flexibility index (Phi) is 7.61. The summed E-state index contributed by atoms with van der Waals surface area (Å²) in [4.78, 5) is 37.6. The van der Waals surface area contributed by atoms with Gasteiger partial charge in [-0.2, -0.15) is 0 Å². The van der Waals surface area contributed by atoms with Gasteiger partial charge >= 0.3 is 5.97 Å². The van der Waals surface area contributed by atoms with Crippen molar-refractivity contribution in [3.05, 3.63) is 70.7 Å². The first kappa shape index (κ1) is 25.5. The van der Waals surface area contributed by atoms with Crippen molar-refractivity contribution in [3.8, 4) is 5.75 Å². The molecular weight excluding hydrogens is 481 g/mol. The van der Waals surface area contributed by atoms with E-state index in [4.69, 9.17) is 9.47 Å². The molecule has 1 saturated carbocycles. The molecule has 1 aliphatic rings. The largest absolute Gasteiger partial charge is 0.494 e. The smallest absolute Gasteiger partial charge is 0.342 e. The summed E-state index contributed by atoms with van der Waals surface area (Å²) in [6.45, 7) is 1.43. The van der Waals surface area contributed by atoms with Crippen molar-refractivity contribution in [2.45, 2.75) is 26.4 Å². The van der Waals surface area contributed by atoms with Gasteiger partial charge in [-0.05, 0) is 25.3 Å². The van der Waals surface area contributed by atoms with Crippen molar-refractivity contribution < 1.29 is 28.2 Å². The number of aromatic nitrogens is 2. The highest BCUT2D eigenvalue weighted by Gasteiger charge is 2.30. The molecule has 0 atom stereocenters. The number of hydrogen-bond acceptors (Lipinski definition) is 8. The fraction of sp³-hybridized carbons (Fsp3) is 0.269. The number of rotatable bonds is 9. The maximum absolute atomic E-state index is 15.0. The van der Waals surface area contributed by atoms with Crippen LogP contribution in [0.2, 0.25) is 0 Å². The summed E-state index contributed by atoms with van der Waals surface area (Å²) in [5.41, 5.74) is 0.758. The molecule has 1 aromatic heterocycles. The van der Waals surface area contributed by atoms with Crippen LogP contribution in [-0.4, -0.2) is 42.1 Å². The van der Waals surface area contributed by atoms with E-state index in [1.165, 1.54) is 27.1 Å². The van der Waals surface area contributed by atoms with Gasteiger partial charge in [0.1, 0.15) is 18.0 Å². The zero-order valence-corrected chi connectivity index (χ0v) is 20.6. The number of hydrogen-bond donors (Lipinski definition) is 3. The molecule has 0 bridgehead atoms. The number of nitrogens with zero attached hydrogens (tertiary/aromatic N) is 2. The Morgan fingerprint density at radius 1 is 1.08 bits per heavy atom. The molecule has 0 saturated heterocycles. The summed E-state index contributed by atoms with van der Waals surface area (Å²) >= 11 is 0. The van der Waals surface area contributed by atoms with Crippen LogP contribution in [0.5, 0.6) is 5.75 Å². The van der Waals surface area contributed by atoms with E-state index in [2.05, 4.69) is 26.1 Å². The minimum atomic E-state index is -0.780. The monoisotopic (exact) mass is 507 g/mol. The predicted octanol–water partition coefficient (Wildman–Crippen LogP) is 3.74. The standard InChI is InChI=1S/C26H26FN5O5/c1-14-17(27)11-19(23(36-3)21(14)26(35)37-13-15-7-5-4-6-8-15)29-18-12-20(30-24(33)16-9-10-16)31-32-22(18)25(34)28-2/h4-8,11-12,16H,9-10,13H2,1-3H3,(H,28,34)(H2,29,30,31,33). The van der Waals surface area contributed by atoms with Crippen molar-refractivity contribution in [3.63, 3.8) is 0 Å². The molecule has 192 valence electrons. The SMILES string of the molecule is CNC(=O)c1nnc(NC(=O)C2CC2)cc1Nc1cc(F)c(C)c(C(=O)OCc2ccccc2)c1OC. The van der Waals surface area contributed by atoms with Crippen molar-refractivity contribution in [2.75, 3.05) is 24.8 Å². The van der Waals surface area contributed by atoms with E-state index < -0.39 is 17.7 Å². The normalized spacial score (nSPS) is 12.4. The zero-order valence-electron chi connectivity index (χ0n) is 20.6. The third-order valence-corrected chi connectivity index (χ3v) is 5.80. The first-order valence-electron chi connectivity index (χ1n) is 11.6. The second-order valence-corrected chi connectivity index (χ2v) is 8.46. The van der Waals surface area contributed by atoms with E-state index in [-0.39, 0.29) is 58.2 Å². The van der Waals surface area contributed by atoms with E-state index in [0.717, 1.165) is 24.5 Å². The molecule has 37 heavy (non-hydrogen) atoms. The summed E-state index contributed by atoms with van der Waals surface area (Å²) in [5.74, 6) is -2.19. The average Bonchev–Trinajstić information content (AvgIpc) is 3.75. The number of carbonyl (C=O) groups is 3. The Morgan fingerprint density at radius 2 is 1.81 bits per heavy atom. The Morgan fingerprint density at radius 3 is 2.46 bits per heavy atom. The second-order valence-electron chi connectivity index (χ2n) is 8.46. The zero-order chi connectivity index (χ0) is 26.5. The first-order chi connectivity index (χ1) is 17.8. The van der Waals surface area contributed by atoms with Gasteiger partial charge in [0.25, 0.3) is 5.91 Å². The quantitative estimate of drug-likeness (QED) is 0.373. The predicted molar refractivity (Wildman–Crippen MR) is 133 cm³/mol. The van der Waals surface area contributed by atoms with Crippen LogP contribution in [0.4, 0.5) is 21.6 Å². The molecule has 0 radical (unpaired) electrons. The molecule has 2 amide bonds. The Bertz CT molecular complexity index is 1340. The summed E-state index contributed by atoms with van der Waals surface area (Å²) in [7, 11) is 2.75. The topological polar surface area (TPSA) is 132 Å². The molecule has 0 spiro atoms. The minimum Gasteiger partial charge on any atom is -0.494 e. The molecule has 1 fully saturated rings. The van der Waals surface area contributed by atoms with Gasteiger partial charge in [0.15, 0.2) is 17.3 Å². The lowest BCUT2D eigenvalue weighted by atomic mass is 10.0. The maximum atomic E-state index is 15.0. The maximum Gasteiger partial charge on any atom is 0.342 e. The Hall–Kier alpha value is -4.54. The van der Waals surface area contributed by atoms with E-state index in [0.29, 0.717) is 0 Å². The second kappa shape index (κ2) is 11.0.